The van der Waals surface area contributed by atoms with E-state index in [1.807, 2.05) is 27.7 Å². The molecule has 6 heteroatoms. The first kappa shape index (κ1) is 15.2. The minimum atomic E-state index is -0.0845. The van der Waals surface area contributed by atoms with Gasteiger partial charge in [-0.15, -0.1) is 11.3 Å². The first-order chi connectivity index (χ1) is 9.43. The Bertz CT molecular complexity index is 660. The molecule has 3 N–H and O–H groups in total. The molecule has 110 valence electrons. The van der Waals surface area contributed by atoms with Crippen LogP contribution in [0.15, 0.2) is 4.79 Å². The number of nitrogens with one attached hydrogen (secondary N) is 2. The van der Waals surface area contributed by atoms with Crippen LogP contribution in [0.1, 0.15) is 30.1 Å². The Kier molecular flexibility index (Phi) is 4.57. The number of aliphatic hydroxyl groups excluding tert-OH is 1. The Morgan fingerprint density at radius 2 is 2.10 bits per heavy atom. The van der Waals surface area contributed by atoms with Crippen molar-refractivity contribution in [2.45, 2.75) is 40.3 Å². The summed E-state index contributed by atoms with van der Waals surface area (Å²) in [6.07, 6.45) is 0. The van der Waals surface area contributed by atoms with Gasteiger partial charge in [0.2, 0.25) is 0 Å². The maximum Gasteiger partial charge on any atom is 0.259 e. The van der Waals surface area contributed by atoms with Gasteiger partial charge in [0.15, 0.2) is 0 Å². The van der Waals surface area contributed by atoms with E-state index >= 15 is 0 Å². The lowest BCUT2D eigenvalue weighted by molar-refractivity contribution is 0.209. The number of aryl methyl sites for hydroxylation is 2. The summed E-state index contributed by atoms with van der Waals surface area (Å²) in [6.45, 7) is 8.55. The van der Waals surface area contributed by atoms with Crippen molar-refractivity contribution in [3.63, 3.8) is 0 Å². The normalized spacial score (nSPS) is 13.3. The molecule has 2 heterocycles. The lowest BCUT2D eigenvalue weighted by atomic mass is 10.1. The molecule has 0 bridgehead atoms. The quantitative estimate of drug-likeness (QED) is 0.784. The van der Waals surface area contributed by atoms with Crippen molar-refractivity contribution < 1.29 is 5.11 Å². The monoisotopic (exact) mass is 295 g/mol. The third-order valence-corrected chi connectivity index (χ3v) is 4.72. The third kappa shape index (κ3) is 2.92. The van der Waals surface area contributed by atoms with Crippen LogP contribution in [0.5, 0.6) is 0 Å². The summed E-state index contributed by atoms with van der Waals surface area (Å²) in [5.74, 6) is 0.935. The van der Waals surface area contributed by atoms with Gasteiger partial charge in [0, 0.05) is 10.9 Å². The fourth-order valence-corrected chi connectivity index (χ4v) is 3.17. The number of aromatic amines is 1. The number of fused-ring (bicyclic) bond motifs is 1. The summed E-state index contributed by atoms with van der Waals surface area (Å²) < 4.78 is 0. The van der Waals surface area contributed by atoms with Gasteiger partial charge in [0.1, 0.15) is 10.7 Å². The summed E-state index contributed by atoms with van der Waals surface area (Å²) in [5, 5.41) is 13.2. The van der Waals surface area contributed by atoms with E-state index in [-0.39, 0.29) is 18.2 Å². The largest absolute Gasteiger partial charge is 0.395 e. The van der Waals surface area contributed by atoms with Crippen LogP contribution < -0.4 is 10.9 Å². The lowest BCUT2D eigenvalue weighted by Crippen LogP contribution is -2.37. The van der Waals surface area contributed by atoms with Gasteiger partial charge in [-0.3, -0.25) is 4.79 Å². The zero-order valence-corrected chi connectivity index (χ0v) is 13.1. The Balaban J connectivity index is 2.26. The molecule has 5 nitrogen and oxygen atoms in total. The van der Waals surface area contributed by atoms with Crippen molar-refractivity contribution in [1.82, 2.24) is 15.3 Å². The second-order valence-electron chi connectivity index (χ2n) is 5.39. The lowest BCUT2D eigenvalue weighted by Gasteiger charge is -2.19. The molecule has 2 aromatic heterocycles. The maximum absolute atomic E-state index is 12.1. The average molecular weight is 295 g/mol. The smallest absolute Gasteiger partial charge is 0.259 e. The third-order valence-electron chi connectivity index (χ3n) is 3.62. The predicted octanol–water partition coefficient (Wildman–Crippen LogP) is 1.71. The number of nitrogens with zero attached hydrogens (tertiary/aromatic N) is 1. The first-order valence-electron chi connectivity index (χ1n) is 6.77. The summed E-state index contributed by atoms with van der Waals surface area (Å²) in [5.41, 5.74) is 0.924. The van der Waals surface area contributed by atoms with Crippen molar-refractivity contribution >= 4 is 21.6 Å². The Morgan fingerprint density at radius 1 is 1.40 bits per heavy atom. The molecule has 0 saturated heterocycles. The van der Waals surface area contributed by atoms with Crippen molar-refractivity contribution in [3.8, 4) is 0 Å². The SMILES string of the molecule is Cc1sc2nc(CNC(CO)C(C)C)[nH]c(=O)c2c1C. The molecule has 0 aliphatic rings. The van der Waals surface area contributed by atoms with Gasteiger partial charge >= 0.3 is 0 Å². The van der Waals surface area contributed by atoms with Gasteiger partial charge in [-0.2, -0.15) is 0 Å². The molecular formula is C14H21N3O2S. The number of rotatable bonds is 5. The van der Waals surface area contributed by atoms with Crippen LogP contribution in [-0.4, -0.2) is 27.7 Å². The fourth-order valence-electron chi connectivity index (χ4n) is 2.12. The molecule has 1 atom stereocenters. The van der Waals surface area contributed by atoms with Crippen molar-refractivity contribution in [2.24, 2.45) is 5.92 Å². The second-order valence-corrected chi connectivity index (χ2v) is 6.59. The van der Waals surface area contributed by atoms with Crippen LogP contribution in [-0.2, 0) is 6.54 Å². The molecule has 0 saturated carbocycles. The van der Waals surface area contributed by atoms with Gasteiger partial charge in [-0.25, -0.2) is 4.98 Å². The first-order valence-corrected chi connectivity index (χ1v) is 7.58. The zero-order chi connectivity index (χ0) is 14.9. The van der Waals surface area contributed by atoms with Gasteiger partial charge in [-0.1, -0.05) is 13.8 Å². The Hall–Kier alpha value is -1.24. The summed E-state index contributed by atoms with van der Waals surface area (Å²) >= 11 is 1.55. The molecule has 20 heavy (non-hydrogen) atoms. The van der Waals surface area contributed by atoms with E-state index in [9.17, 15) is 9.90 Å². The number of hydrogen-bond acceptors (Lipinski definition) is 5. The molecule has 0 amide bonds. The maximum atomic E-state index is 12.1. The number of aliphatic hydroxyl groups is 1. The Labute approximate surface area is 122 Å². The molecule has 0 aromatic carbocycles. The summed E-state index contributed by atoms with van der Waals surface area (Å²) in [4.78, 5) is 21.3. The number of hydrogen-bond donors (Lipinski definition) is 3. The number of thiophene rings is 1. The summed E-state index contributed by atoms with van der Waals surface area (Å²) in [7, 11) is 0. The van der Waals surface area contributed by atoms with Crippen LogP contribution in [0.25, 0.3) is 10.2 Å². The molecule has 0 aliphatic heterocycles. The van der Waals surface area contributed by atoms with Gasteiger partial charge in [0.25, 0.3) is 5.56 Å². The van der Waals surface area contributed by atoms with E-state index in [0.717, 1.165) is 15.3 Å². The van der Waals surface area contributed by atoms with Crippen LogP contribution in [0.4, 0.5) is 0 Å². The van der Waals surface area contributed by atoms with Gasteiger partial charge in [-0.05, 0) is 25.3 Å². The molecule has 0 fully saturated rings. The molecule has 2 aromatic rings. The topological polar surface area (TPSA) is 78.0 Å². The standard InChI is InChI=1S/C14H21N3O2S/c1-7(2)10(6-18)15-5-11-16-13(19)12-8(3)9(4)20-14(12)17-11/h7,10,15,18H,5-6H2,1-4H3,(H,16,17,19). The fraction of sp³-hybridized carbons (Fsp3) is 0.571. The summed E-state index contributed by atoms with van der Waals surface area (Å²) in [6, 6.07) is 0.00260. The van der Waals surface area contributed by atoms with E-state index < -0.39 is 0 Å². The Morgan fingerprint density at radius 3 is 2.70 bits per heavy atom. The predicted molar refractivity (Wildman–Crippen MR) is 82.3 cm³/mol. The number of aromatic nitrogens is 2. The van der Waals surface area contributed by atoms with Crippen molar-refractivity contribution in [3.05, 3.63) is 26.6 Å². The average Bonchev–Trinajstić information content (AvgIpc) is 2.65. The highest BCUT2D eigenvalue weighted by molar-refractivity contribution is 7.18. The van der Waals surface area contributed by atoms with E-state index in [2.05, 4.69) is 15.3 Å². The molecule has 0 radical (unpaired) electrons. The second kappa shape index (κ2) is 6.03. The van der Waals surface area contributed by atoms with Gasteiger partial charge < -0.3 is 15.4 Å². The minimum absolute atomic E-state index is 0.00260. The van der Waals surface area contributed by atoms with E-state index in [0.29, 0.717) is 23.7 Å². The number of H-pyrrole nitrogens is 1. The highest BCUT2D eigenvalue weighted by atomic mass is 32.1. The zero-order valence-electron chi connectivity index (χ0n) is 12.3. The van der Waals surface area contributed by atoms with Crippen LogP contribution in [0, 0.1) is 19.8 Å². The van der Waals surface area contributed by atoms with Crippen molar-refractivity contribution in [2.75, 3.05) is 6.61 Å². The van der Waals surface area contributed by atoms with Crippen LogP contribution >= 0.6 is 11.3 Å². The molecular weight excluding hydrogens is 274 g/mol. The molecule has 0 spiro atoms. The van der Waals surface area contributed by atoms with Gasteiger partial charge in [0.05, 0.1) is 18.5 Å². The van der Waals surface area contributed by atoms with Crippen LogP contribution in [0.3, 0.4) is 0 Å². The van der Waals surface area contributed by atoms with Crippen LogP contribution in [0.2, 0.25) is 0 Å². The van der Waals surface area contributed by atoms with E-state index in [1.165, 1.54) is 0 Å². The van der Waals surface area contributed by atoms with E-state index in [1.54, 1.807) is 11.3 Å². The molecule has 2 rings (SSSR count). The minimum Gasteiger partial charge on any atom is -0.395 e. The highest BCUT2D eigenvalue weighted by Crippen LogP contribution is 2.25. The molecule has 0 aliphatic carbocycles. The highest BCUT2D eigenvalue weighted by Gasteiger charge is 2.14. The van der Waals surface area contributed by atoms with E-state index in [4.69, 9.17) is 0 Å². The van der Waals surface area contributed by atoms with Crippen molar-refractivity contribution in [1.29, 1.82) is 0 Å². The molecule has 1 unspecified atom stereocenters.